The summed E-state index contributed by atoms with van der Waals surface area (Å²) in [6, 6.07) is 6.12. The number of benzene rings is 1. The van der Waals surface area contributed by atoms with Crippen molar-refractivity contribution in [2.24, 2.45) is 0 Å². The minimum absolute atomic E-state index is 0.0422. The minimum Gasteiger partial charge on any atom is -0.497 e. The summed E-state index contributed by atoms with van der Waals surface area (Å²) in [6.45, 7) is 0.603. The van der Waals surface area contributed by atoms with Gasteiger partial charge in [0.1, 0.15) is 5.75 Å². The zero-order chi connectivity index (χ0) is 15.9. The Bertz CT molecular complexity index is 547. The molecular formula is C16H21NO4S. The van der Waals surface area contributed by atoms with Gasteiger partial charge in [0.25, 0.3) is 0 Å². The molecule has 0 fully saturated rings. The fourth-order valence-corrected chi connectivity index (χ4v) is 3.31. The number of carboxylic acids is 1. The first-order valence-electron chi connectivity index (χ1n) is 7.33. The van der Waals surface area contributed by atoms with E-state index in [1.807, 2.05) is 6.07 Å². The van der Waals surface area contributed by atoms with E-state index in [0.29, 0.717) is 12.5 Å². The van der Waals surface area contributed by atoms with Crippen molar-refractivity contribution >= 4 is 23.6 Å². The molecule has 0 saturated heterocycles. The molecule has 1 aliphatic rings. The van der Waals surface area contributed by atoms with Gasteiger partial charge >= 0.3 is 5.97 Å². The first-order valence-corrected chi connectivity index (χ1v) is 8.48. The predicted octanol–water partition coefficient (Wildman–Crippen LogP) is 2.05. The number of ether oxygens (including phenoxy) is 1. The third-order valence-electron chi connectivity index (χ3n) is 3.79. The Hall–Kier alpha value is -1.69. The molecule has 0 aromatic heterocycles. The molecule has 0 aliphatic heterocycles. The van der Waals surface area contributed by atoms with Gasteiger partial charge in [0, 0.05) is 12.5 Å². The molecule has 1 unspecified atom stereocenters. The molecule has 6 heteroatoms. The van der Waals surface area contributed by atoms with E-state index in [9.17, 15) is 9.59 Å². The molecule has 120 valence electrons. The normalized spacial score (nSPS) is 16.7. The molecule has 0 radical (unpaired) electrons. The van der Waals surface area contributed by atoms with E-state index in [1.54, 1.807) is 7.11 Å². The van der Waals surface area contributed by atoms with Crippen LogP contribution < -0.4 is 10.1 Å². The average Bonchev–Trinajstić information content (AvgIpc) is 2.51. The van der Waals surface area contributed by atoms with Gasteiger partial charge in [-0.25, -0.2) is 0 Å². The van der Waals surface area contributed by atoms with E-state index in [1.165, 1.54) is 11.1 Å². The molecule has 0 saturated carbocycles. The van der Waals surface area contributed by atoms with Crippen molar-refractivity contribution in [1.29, 1.82) is 0 Å². The van der Waals surface area contributed by atoms with E-state index in [-0.39, 0.29) is 17.4 Å². The summed E-state index contributed by atoms with van der Waals surface area (Å²) in [6.07, 6.45) is 3.21. The summed E-state index contributed by atoms with van der Waals surface area (Å²) in [7, 11) is 1.66. The number of rotatable bonds is 7. The lowest BCUT2D eigenvalue weighted by Gasteiger charge is -2.26. The highest BCUT2D eigenvalue weighted by molar-refractivity contribution is 8.00. The van der Waals surface area contributed by atoms with Crippen LogP contribution in [0.15, 0.2) is 18.2 Å². The number of carboxylic acid groups (broad SMARTS) is 1. The Kier molecular flexibility index (Phi) is 6.12. The Labute approximate surface area is 134 Å². The lowest BCUT2D eigenvalue weighted by atomic mass is 9.82. The van der Waals surface area contributed by atoms with Gasteiger partial charge in [0.2, 0.25) is 5.91 Å². The number of methoxy groups -OCH3 is 1. The summed E-state index contributed by atoms with van der Waals surface area (Å²) in [4.78, 5) is 22.1. The van der Waals surface area contributed by atoms with Gasteiger partial charge in [-0.1, -0.05) is 6.07 Å². The standard InChI is InChI=1S/C16H21NO4S/c1-21-13-5-6-14-11(7-13)3-2-4-12(14)8-17-15(18)9-22-10-16(19)20/h5-7,12H,2-4,8-10H2,1H3,(H,17,18)(H,19,20). The average molecular weight is 323 g/mol. The van der Waals surface area contributed by atoms with Crippen LogP contribution in [0.3, 0.4) is 0 Å². The summed E-state index contributed by atoms with van der Waals surface area (Å²) in [5.41, 5.74) is 2.58. The van der Waals surface area contributed by atoms with Crippen molar-refractivity contribution in [2.75, 3.05) is 25.2 Å². The summed E-state index contributed by atoms with van der Waals surface area (Å²) >= 11 is 1.12. The van der Waals surface area contributed by atoms with Crippen molar-refractivity contribution in [2.45, 2.75) is 25.2 Å². The second kappa shape index (κ2) is 8.08. The maximum atomic E-state index is 11.7. The number of thioether (sulfide) groups is 1. The minimum atomic E-state index is -0.895. The Morgan fingerprint density at radius 2 is 2.23 bits per heavy atom. The molecular weight excluding hydrogens is 302 g/mol. The summed E-state index contributed by atoms with van der Waals surface area (Å²) in [5, 5.41) is 11.5. The van der Waals surface area contributed by atoms with Gasteiger partial charge in [0.15, 0.2) is 0 Å². The van der Waals surface area contributed by atoms with Gasteiger partial charge in [-0.3, -0.25) is 9.59 Å². The van der Waals surface area contributed by atoms with Crippen LogP contribution in [0.25, 0.3) is 0 Å². The molecule has 22 heavy (non-hydrogen) atoms. The molecule has 1 aromatic rings. The molecule has 2 rings (SSSR count). The third-order valence-corrected chi connectivity index (χ3v) is 4.71. The quantitative estimate of drug-likeness (QED) is 0.803. The highest BCUT2D eigenvalue weighted by Gasteiger charge is 2.21. The van der Waals surface area contributed by atoms with Gasteiger partial charge in [-0.05, 0) is 42.5 Å². The number of nitrogens with one attached hydrogen (secondary N) is 1. The fourth-order valence-electron chi connectivity index (χ4n) is 2.75. The molecule has 0 heterocycles. The summed E-state index contributed by atoms with van der Waals surface area (Å²) in [5.74, 6) is 0.338. The number of aliphatic carboxylic acids is 1. The molecule has 1 aromatic carbocycles. The Morgan fingerprint density at radius 3 is 2.95 bits per heavy atom. The molecule has 5 nitrogen and oxygen atoms in total. The molecule has 2 N–H and O–H groups in total. The molecule has 1 atom stereocenters. The summed E-state index contributed by atoms with van der Waals surface area (Å²) < 4.78 is 5.26. The highest BCUT2D eigenvalue weighted by atomic mass is 32.2. The van der Waals surface area contributed by atoms with E-state index >= 15 is 0 Å². The number of hydrogen-bond donors (Lipinski definition) is 2. The van der Waals surface area contributed by atoms with Crippen molar-refractivity contribution in [3.63, 3.8) is 0 Å². The van der Waals surface area contributed by atoms with Gasteiger partial charge in [0.05, 0.1) is 18.6 Å². The molecule has 0 bridgehead atoms. The number of hydrogen-bond acceptors (Lipinski definition) is 4. The van der Waals surface area contributed by atoms with Crippen LogP contribution in [0.4, 0.5) is 0 Å². The highest BCUT2D eigenvalue weighted by Crippen LogP contribution is 2.33. The van der Waals surface area contributed by atoms with E-state index in [0.717, 1.165) is 36.8 Å². The predicted molar refractivity (Wildman–Crippen MR) is 86.6 cm³/mol. The molecule has 0 spiro atoms. The number of amides is 1. The Balaban J connectivity index is 1.87. The first kappa shape index (κ1) is 16.7. The van der Waals surface area contributed by atoms with Crippen molar-refractivity contribution in [3.8, 4) is 5.75 Å². The van der Waals surface area contributed by atoms with Crippen LogP contribution in [0, 0.1) is 0 Å². The topological polar surface area (TPSA) is 75.6 Å². The number of fused-ring (bicyclic) bond motifs is 1. The number of carbonyl (C=O) groups excluding carboxylic acids is 1. The van der Waals surface area contributed by atoms with E-state index in [4.69, 9.17) is 9.84 Å². The SMILES string of the molecule is COc1ccc2c(c1)CCCC2CNC(=O)CSCC(=O)O. The van der Waals surface area contributed by atoms with Crippen LogP contribution in [0.5, 0.6) is 5.75 Å². The monoisotopic (exact) mass is 323 g/mol. The van der Waals surface area contributed by atoms with Gasteiger partial charge in [-0.15, -0.1) is 11.8 Å². The fraction of sp³-hybridized carbons (Fsp3) is 0.500. The second-order valence-corrected chi connectivity index (χ2v) is 6.33. The van der Waals surface area contributed by atoms with Crippen LogP contribution in [0.1, 0.15) is 29.9 Å². The zero-order valence-corrected chi connectivity index (χ0v) is 13.4. The largest absolute Gasteiger partial charge is 0.497 e. The van der Waals surface area contributed by atoms with Crippen LogP contribution in [-0.4, -0.2) is 42.1 Å². The second-order valence-electron chi connectivity index (χ2n) is 5.34. The van der Waals surface area contributed by atoms with Gasteiger partial charge < -0.3 is 15.2 Å². The van der Waals surface area contributed by atoms with Gasteiger partial charge in [-0.2, -0.15) is 0 Å². The van der Waals surface area contributed by atoms with E-state index in [2.05, 4.69) is 17.4 Å². The maximum absolute atomic E-state index is 11.7. The van der Waals surface area contributed by atoms with Crippen LogP contribution in [0.2, 0.25) is 0 Å². The van der Waals surface area contributed by atoms with Crippen LogP contribution in [-0.2, 0) is 16.0 Å². The van der Waals surface area contributed by atoms with Crippen molar-refractivity contribution < 1.29 is 19.4 Å². The third kappa shape index (κ3) is 4.66. The number of aryl methyl sites for hydroxylation is 1. The zero-order valence-electron chi connectivity index (χ0n) is 12.6. The number of carbonyl (C=O) groups is 2. The lowest BCUT2D eigenvalue weighted by Crippen LogP contribution is -2.31. The maximum Gasteiger partial charge on any atom is 0.313 e. The smallest absolute Gasteiger partial charge is 0.313 e. The van der Waals surface area contributed by atoms with Crippen LogP contribution >= 0.6 is 11.8 Å². The lowest BCUT2D eigenvalue weighted by molar-refractivity contribution is -0.133. The van der Waals surface area contributed by atoms with Crippen molar-refractivity contribution in [1.82, 2.24) is 5.32 Å². The molecule has 1 amide bonds. The van der Waals surface area contributed by atoms with Crippen molar-refractivity contribution in [3.05, 3.63) is 29.3 Å². The molecule has 1 aliphatic carbocycles. The van der Waals surface area contributed by atoms with E-state index < -0.39 is 5.97 Å². The Morgan fingerprint density at radius 1 is 1.41 bits per heavy atom. The first-order chi connectivity index (χ1) is 10.6.